The number of nitrogens with zero attached hydrogens (tertiary/aromatic N) is 1. The van der Waals surface area contributed by atoms with Crippen LogP contribution in [0.2, 0.25) is 0 Å². The molecule has 94 valence electrons. The van der Waals surface area contributed by atoms with Gasteiger partial charge in [-0.25, -0.2) is 4.79 Å². The van der Waals surface area contributed by atoms with Gasteiger partial charge in [-0.2, -0.15) is 0 Å². The van der Waals surface area contributed by atoms with Crippen molar-refractivity contribution in [2.24, 2.45) is 5.41 Å². The Labute approximate surface area is 101 Å². The smallest absolute Gasteiger partial charge is 0.339 e. The van der Waals surface area contributed by atoms with Crippen LogP contribution in [0.3, 0.4) is 0 Å². The predicted molar refractivity (Wildman–Crippen MR) is 64.0 cm³/mol. The first-order valence-corrected chi connectivity index (χ1v) is 6.00. The van der Waals surface area contributed by atoms with Gasteiger partial charge in [-0.05, 0) is 30.9 Å². The van der Waals surface area contributed by atoms with Crippen LogP contribution in [-0.2, 0) is 6.54 Å². The second-order valence-electron chi connectivity index (χ2n) is 5.54. The van der Waals surface area contributed by atoms with Crippen molar-refractivity contribution < 1.29 is 14.3 Å². The van der Waals surface area contributed by atoms with Crippen LogP contribution in [0.5, 0.6) is 0 Å². The molecule has 17 heavy (non-hydrogen) atoms. The van der Waals surface area contributed by atoms with Gasteiger partial charge in [-0.1, -0.05) is 13.8 Å². The van der Waals surface area contributed by atoms with E-state index in [4.69, 9.17) is 9.52 Å². The van der Waals surface area contributed by atoms with Gasteiger partial charge in [-0.15, -0.1) is 0 Å². The second kappa shape index (κ2) is 4.53. The molecule has 1 fully saturated rings. The fourth-order valence-electron chi connectivity index (χ4n) is 2.54. The third-order valence-electron chi connectivity index (χ3n) is 3.32. The summed E-state index contributed by atoms with van der Waals surface area (Å²) < 4.78 is 5.27. The Morgan fingerprint density at radius 2 is 2.35 bits per heavy atom. The van der Waals surface area contributed by atoms with Gasteiger partial charge in [0.15, 0.2) is 0 Å². The molecule has 0 radical (unpaired) electrons. The van der Waals surface area contributed by atoms with Crippen molar-refractivity contribution in [3.05, 3.63) is 23.7 Å². The quantitative estimate of drug-likeness (QED) is 0.878. The molecule has 1 aliphatic rings. The molecule has 0 bridgehead atoms. The molecular weight excluding hydrogens is 218 g/mol. The van der Waals surface area contributed by atoms with Crippen LogP contribution in [0.4, 0.5) is 0 Å². The Morgan fingerprint density at radius 3 is 3.00 bits per heavy atom. The van der Waals surface area contributed by atoms with Gasteiger partial charge in [0.2, 0.25) is 0 Å². The van der Waals surface area contributed by atoms with Crippen LogP contribution in [0, 0.1) is 5.41 Å². The van der Waals surface area contributed by atoms with Gasteiger partial charge < -0.3 is 9.52 Å². The van der Waals surface area contributed by atoms with Crippen molar-refractivity contribution in [3.63, 3.8) is 0 Å². The first kappa shape index (κ1) is 12.2. The lowest BCUT2D eigenvalue weighted by molar-refractivity contribution is 0.0688. The largest absolute Gasteiger partial charge is 0.478 e. The van der Waals surface area contributed by atoms with Gasteiger partial charge >= 0.3 is 5.97 Å². The van der Waals surface area contributed by atoms with Crippen LogP contribution in [0.15, 0.2) is 16.7 Å². The van der Waals surface area contributed by atoms with Gasteiger partial charge in [0, 0.05) is 6.54 Å². The van der Waals surface area contributed by atoms with E-state index >= 15 is 0 Å². The summed E-state index contributed by atoms with van der Waals surface area (Å²) in [5.74, 6) is -0.347. The molecule has 0 atom stereocenters. The lowest BCUT2D eigenvalue weighted by atomic mass is 9.84. The third-order valence-corrected chi connectivity index (χ3v) is 3.32. The minimum atomic E-state index is -0.912. The van der Waals surface area contributed by atoms with E-state index in [1.807, 2.05) is 0 Å². The van der Waals surface area contributed by atoms with Gasteiger partial charge in [0.05, 0.1) is 12.8 Å². The molecule has 0 amide bonds. The highest BCUT2D eigenvalue weighted by molar-refractivity contribution is 5.88. The zero-order chi connectivity index (χ0) is 12.5. The lowest BCUT2D eigenvalue weighted by Gasteiger charge is -2.37. The molecule has 2 rings (SSSR count). The third kappa shape index (κ3) is 2.88. The predicted octanol–water partition coefficient (Wildman–Crippen LogP) is 2.60. The average Bonchev–Trinajstić information content (AvgIpc) is 2.64. The highest BCUT2D eigenvalue weighted by Crippen LogP contribution is 2.29. The molecule has 0 unspecified atom stereocenters. The van der Waals surface area contributed by atoms with Crippen molar-refractivity contribution in [2.75, 3.05) is 13.1 Å². The summed E-state index contributed by atoms with van der Waals surface area (Å²) in [5.41, 5.74) is 0.599. The molecule has 0 aromatic carbocycles. The summed E-state index contributed by atoms with van der Waals surface area (Å²) in [6.07, 6.45) is 3.84. The first-order valence-electron chi connectivity index (χ1n) is 6.00. The van der Waals surface area contributed by atoms with Crippen molar-refractivity contribution in [1.82, 2.24) is 4.90 Å². The number of carbonyl (C=O) groups is 1. The maximum absolute atomic E-state index is 11.0. The van der Waals surface area contributed by atoms with E-state index in [2.05, 4.69) is 18.7 Å². The van der Waals surface area contributed by atoms with E-state index in [1.165, 1.54) is 18.8 Å². The number of carboxylic acid groups (broad SMARTS) is 1. The maximum atomic E-state index is 11.0. The number of furan rings is 1. The molecule has 2 heterocycles. The summed E-state index contributed by atoms with van der Waals surface area (Å²) in [6, 6.07) is 1.52. The fraction of sp³-hybridized carbons (Fsp3) is 0.615. The molecule has 0 saturated carbocycles. The molecule has 1 N–H and O–H groups in total. The zero-order valence-electron chi connectivity index (χ0n) is 10.4. The van der Waals surface area contributed by atoms with Crippen LogP contribution >= 0.6 is 0 Å². The average molecular weight is 237 g/mol. The summed E-state index contributed by atoms with van der Waals surface area (Å²) in [7, 11) is 0. The number of likely N-dealkylation sites (tertiary alicyclic amines) is 1. The Kier molecular flexibility index (Phi) is 3.24. The van der Waals surface area contributed by atoms with E-state index in [-0.39, 0.29) is 5.56 Å². The number of aromatic carboxylic acids is 1. The Bertz CT molecular complexity index is 409. The zero-order valence-corrected chi connectivity index (χ0v) is 10.4. The molecule has 1 aromatic heterocycles. The van der Waals surface area contributed by atoms with Crippen LogP contribution in [-0.4, -0.2) is 29.1 Å². The number of hydrogen-bond acceptors (Lipinski definition) is 3. The standard InChI is InChI=1S/C13H19NO3/c1-13(2)5-3-6-14(9-13)8-11-10(12(15)16)4-7-17-11/h4,7H,3,5-6,8-9H2,1-2H3,(H,15,16). The van der Waals surface area contributed by atoms with Crippen molar-refractivity contribution in [2.45, 2.75) is 33.2 Å². The topological polar surface area (TPSA) is 53.7 Å². The lowest BCUT2D eigenvalue weighted by Crippen LogP contribution is -2.39. The van der Waals surface area contributed by atoms with E-state index in [0.29, 0.717) is 17.7 Å². The summed E-state index contributed by atoms with van der Waals surface area (Å²) in [5, 5.41) is 9.01. The van der Waals surface area contributed by atoms with E-state index in [0.717, 1.165) is 19.5 Å². The van der Waals surface area contributed by atoms with Gasteiger partial charge in [0.25, 0.3) is 0 Å². The molecular formula is C13H19NO3. The first-order chi connectivity index (χ1) is 7.98. The van der Waals surface area contributed by atoms with Crippen LogP contribution in [0.25, 0.3) is 0 Å². The van der Waals surface area contributed by atoms with Crippen molar-refractivity contribution >= 4 is 5.97 Å². The number of rotatable bonds is 3. The minimum absolute atomic E-state index is 0.286. The Hall–Kier alpha value is -1.29. The number of hydrogen-bond donors (Lipinski definition) is 1. The number of piperidine rings is 1. The molecule has 4 heteroatoms. The maximum Gasteiger partial charge on any atom is 0.339 e. The van der Waals surface area contributed by atoms with Crippen LogP contribution in [0.1, 0.15) is 42.8 Å². The highest BCUT2D eigenvalue weighted by Gasteiger charge is 2.27. The SMILES string of the molecule is CC1(C)CCCN(Cc2occc2C(=O)O)C1. The van der Waals surface area contributed by atoms with E-state index in [9.17, 15) is 4.79 Å². The highest BCUT2D eigenvalue weighted by atomic mass is 16.4. The number of carboxylic acids is 1. The van der Waals surface area contributed by atoms with Crippen molar-refractivity contribution in [1.29, 1.82) is 0 Å². The Balaban J connectivity index is 2.05. The normalized spacial score (nSPS) is 20.4. The van der Waals surface area contributed by atoms with Crippen LogP contribution < -0.4 is 0 Å². The second-order valence-corrected chi connectivity index (χ2v) is 5.54. The Morgan fingerprint density at radius 1 is 1.59 bits per heavy atom. The van der Waals surface area contributed by atoms with Crippen molar-refractivity contribution in [3.8, 4) is 0 Å². The molecule has 4 nitrogen and oxygen atoms in total. The summed E-state index contributed by atoms with van der Waals surface area (Å²) in [4.78, 5) is 13.2. The monoisotopic (exact) mass is 237 g/mol. The van der Waals surface area contributed by atoms with Gasteiger partial charge in [0.1, 0.15) is 11.3 Å². The summed E-state index contributed by atoms with van der Waals surface area (Å²) >= 11 is 0. The molecule has 1 aromatic rings. The molecule has 0 spiro atoms. The van der Waals surface area contributed by atoms with Gasteiger partial charge in [-0.3, -0.25) is 4.90 Å². The van der Waals surface area contributed by atoms with E-state index in [1.54, 1.807) is 0 Å². The molecule has 1 aliphatic heterocycles. The fourth-order valence-corrected chi connectivity index (χ4v) is 2.54. The minimum Gasteiger partial charge on any atom is -0.478 e. The summed E-state index contributed by atoms with van der Waals surface area (Å²) in [6.45, 7) is 7.10. The molecule has 0 aliphatic carbocycles. The van der Waals surface area contributed by atoms with E-state index < -0.39 is 5.97 Å². The molecule has 1 saturated heterocycles.